The summed E-state index contributed by atoms with van der Waals surface area (Å²) in [7, 11) is 3.89. The molecule has 2 heterocycles. The Morgan fingerprint density at radius 3 is 3.00 bits per heavy atom. The molecular formula is C16H19BrN2O. The minimum Gasteiger partial charge on any atom is -0.383 e. The first-order valence-corrected chi connectivity index (χ1v) is 7.69. The normalized spacial score (nSPS) is 14.7. The number of nitrogens with zero attached hydrogens (tertiary/aromatic N) is 2. The summed E-state index contributed by atoms with van der Waals surface area (Å²) in [5.74, 6) is 0. The number of fused-ring (bicyclic) bond motifs is 3. The highest BCUT2D eigenvalue weighted by Crippen LogP contribution is 2.16. The molecule has 0 aliphatic carbocycles. The standard InChI is InChI=1S/C16H19BrN2O/c1-18-15-6-5-12(17)10-14(15)13-4-3-7-19(8-9-20-2)11-16(13)18/h4-6,10-11H,3,7-9H2,1-2H3. The average molecular weight is 335 g/mol. The lowest BCUT2D eigenvalue weighted by Crippen LogP contribution is -2.31. The van der Waals surface area contributed by atoms with Gasteiger partial charge in [0.15, 0.2) is 0 Å². The maximum atomic E-state index is 5.19. The van der Waals surface area contributed by atoms with Crippen LogP contribution in [0.25, 0.3) is 23.2 Å². The van der Waals surface area contributed by atoms with Crippen LogP contribution < -0.4 is 10.6 Å². The van der Waals surface area contributed by atoms with Gasteiger partial charge in [-0.2, -0.15) is 0 Å². The maximum Gasteiger partial charge on any atom is 0.0647 e. The summed E-state index contributed by atoms with van der Waals surface area (Å²) in [5.41, 5.74) is 1.28. The molecule has 0 saturated heterocycles. The first-order valence-electron chi connectivity index (χ1n) is 6.89. The number of aromatic nitrogens is 1. The minimum absolute atomic E-state index is 0.765. The predicted molar refractivity (Wildman–Crippen MR) is 86.9 cm³/mol. The van der Waals surface area contributed by atoms with Crippen LogP contribution in [-0.2, 0) is 11.8 Å². The molecule has 1 aromatic heterocycles. The Morgan fingerprint density at radius 1 is 1.35 bits per heavy atom. The highest BCUT2D eigenvalue weighted by atomic mass is 79.9. The second kappa shape index (κ2) is 5.62. The van der Waals surface area contributed by atoms with Gasteiger partial charge in [0.2, 0.25) is 0 Å². The summed E-state index contributed by atoms with van der Waals surface area (Å²) in [5, 5.41) is 3.96. The fourth-order valence-corrected chi connectivity index (χ4v) is 3.19. The highest BCUT2D eigenvalue weighted by Gasteiger charge is 2.09. The van der Waals surface area contributed by atoms with Crippen molar-refractivity contribution in [1.29, 1.82) is 0 Å². The monoisotopic (exact) mass is 334 g/mol. The number of hydrogen-bond donors (Lipinski definition) is 0. The number of aryl methyl sites for hydroxylation is 1. The van der Waals surface area contributed by atoms with Crippen molar-refractivity contribution in [3.8, 4) is 0 Å². The van der Waals surface area contributed by atoms with Gasteiger partial charge in [-0.25, -0.2) is 0 Å². The van der Waals surface area contributed by atoms with E-state index in [4.69, 9.17) is 4.74 Å². The van der Waals surface area contributed by atoms with Crippen LogP contribution in [0, 0.1) is 0 Å². The van der Waals surface area contributed by atoms with E-state index < -0.39 is 0 Å². The third-order valence-corrected chi connectivity index (χ3v) is 4.39. The van der Waals surface area contributed by atoms with Gasteiger partial charge >= 0.3 is 0 Å². The fourth-order valence-electron chi connectivity index (χ4n) is 2.83. The summed E-state index contributed by atoms with van der Waals surface area (Å²) in [6.45, 7) is 2.75. The van der Waals surface area contributed by atoms with E-state index in [1.165, 1.54) is 21.5 Å². The lowest BCUT2D eigenvalue weighted by atomic mass is 10.2. The van der Waals surface area contributed by atoms with E-state index in [9.17, 15) is 0 Å². The summed E-state index contributed by atoms with van der Waals surface area (Å²) in [6.07, 6.45) is 5.69. The molecule has 0 bridgehead atoms. The number of benzene rings is 1. The van der Waals surface area contributed by atoms with Crippen LogP contribution in [0.4, 0.5) is 0 Å². The number of ether oxygens (including phenoxy) is 1. The van der Waals surface area contributed by atoms with Gasteiger partial charge in [0.05, 0.1) is 12.0 Å². The summed E-state index contributed by atoms with van der Waals surface area (Å²) in [6, 6.07) is 6.49. The van der Waals surface area contributed by atoms with E-state index in [-0.39, 0.29) is 0 Å². The zero-order valence-corrected chi connectivity index (χ0v) is 13.5. The quantitative estimate of drug-likeness (QED) is 0.851. The average Bonchev–Trinajstić information content (AvgIpc) is 2.62. The van der Waals surface area contributed by atoms with Crippen molar-refractivity contribution in [3.05, 3.63) is 33.2 Å². The summed E-state index contributed by atoms with van der Waals surface area (Å²) >= 11 is 3.57. The van der Waals surface area contributed by atoms with Crippen molar-refractivity contribution in [3.63, 3.8) is 0 Å². The van der Waals surface area contributed by atoms with Crippen molar-refractivity contribution in [1.82, 2.24) is 9.47 Å². The van der Waals surface area contributed by atoms with E-state index in [1.54, 1.807) is 7.11 Å². The maximum absolute atomic E-state index is 5.19. The molecule has 0 atom stereocenters. The van der Waals surface area contributed by atoms with Gasteiger partial charge in [0.25, 0.3) is 0 Å². The Bertz CT molecular complexity index is 748. The predicted octanol–water partition coefficient (Wildman–Crippen LogP) is 1.81. The zero-order chi connectivity index (χ0) is 14.1. The van der Waals surface area contributed by atoms with Crippen LogP contribution in [0.3, 0.4) is 0 Å². The van der Waals surface area contributed by atoms with Crippen LogP contribution in [-0.4, -0.2) is 36.3 Å². The minimum atomic E-state index is 0.765. The smallest absolute Gasteiger partial charge is 0.0647 e. The Morgan fingerprint density at radius 2 is 2.20 bits per heavy atom. The SMILES string of the molecule is COCCN1C=c2c(c3cc(Br)ccc3n2C)=CCC1. The van der Waals surface area contributed by atoms with Gasteiger partial charge in [-0.3, -0.25) is 0 Å². The summed E-state index contributed by atoms with van der Waals surface area (Å²) < 4.78 is 8.60. The van der Waals surface area contributed by atoms with Gasteiger partial charge in [0.1, 0.15) is 0 Å². The first kappa shape index (κ1) is 13.7. The van der Waals surface area contributed by atoms with Gasteiger partial charge in [-0.1, -0.05) is 22.0 Å². The summed E-state index contributed by atoms with van der Waals surface area (Å²) in [4.78, 5) is 2.35. The molecule has 0 amide bonds. The molecule has 2 aromatic rings. The Balaban J connectivity index is 2.20. The van der Waals surface area contributed by atoms with Gasteiger partial charge in [-0.15, -0.1) is 0 Å². The van der Waals surface area contributed by atoms with Crippen LogP contribution in [0.1, 0.15) is 6.42 Å². The van der Waals surface area contributed by atoms with Crippen molar-refractivity contribution in [2.45, 2.75) is 6.42 Å². The van der Waals surface area contributed by atoms with E-state index in [0.717, 1.165) is 30.6 Å². The second-order valence-corrected chi connectivity index (χ2v) is 6.09. The van der Waals surface area contributed by atoms with Gasteiger partial charge in [0, 0.05) is 54.0 Å². The van der Waals surface area contributed by atoms with Crippen LogP contribution in [0.15, 0.2) is 22.7 Å². The van der Waals surface area contributed by atoms with Crippen molar-refractivity contribution in [2.24, 2.45) is 7.05 Å². The van der Waals surface area contributed by atoms with Crippen molar-refractivity contribution < 1.29 is 4.74 Å². The van der Waals surface area contributed by atoms with Crippen LogP contribution in [0.2, 0.25) is 0 Å². The number of hydrogen-bond acceptors (Lipinski definition) is 2. The third kappa shape index (κ3) is 2.38. The molecule has 20 heavy (non-hydrogen) atoms. The van der Waals surface area contributed by atoms with E-state index in [1.807, 2.05) is 0 Å². The van der Waals surface area contributed by atoms with Gasteiger partial charge < -0.3 is 14.2 Å². The Labute approximate surface area is 127 Å². The largest absolute Gasteiger partial charge is 0.383 e. The van der Waals surface area contributed by atoms with Crippen molar-refractivity contribution >= 4 is 39.1 Å². The zero-order valence-electron chi connectivity index (χ0n) is 11.9. The van der Waals surface area contributed by atoms with E-state index in [0.29, 0.717) is 0 Å². The molecule has 0 saturated carbocycles. The van der Waals surface area contributed by atoms with Crippen LogP contribution in [0.5, 0.6) is 0 Å². The highest BCUT2D eigenvalue weighted by molar-refractivity contribution is 9.10. The topological polar surface area (TPSA) is 17.4 Å². The van der Waals surface area contributed by atoms with E-state index >= 15 is 0 Å². The lowest BCUT2D eigenvalue weighted by Gasteiger charge is -2.18. The Hall–Kier alpha value is -1.26. The molecule has 4 heteroatoms. The molecule has 1 aliphatic rings. The molecular weight excluding hydrogens is 316 g/mol. The molecule has 0 N–H and O–H groups in total. The Kier molecular flexibility index (Phi) is 3.85. The third-order valence-electron chi connectivity index (χ3n) is 3.90. The fraction of sp³-hybridized carbons (Fsp3) is 0.375. The van der Waals surface area contributed by atoms with E-state index in [2.05, 4.69) is 62.9 Å². The number of halogens is 1. The van der Waals surface area contributed by atoms with Crippen LogP contribution >= 0.6 is 15.9 Å². The number of methoxy groups -OCH3 is 1. The van der Waals surface area contributed by atoms with Gasteiger partial charge in [-0.05, 0) is 24.6 Å². The molecule has 0 fully saturated rings. The molecule has 106 valence electrons. The molecule has 0 unspecified atom stereocenters. The molecule has 3 rings (SSSR count). The molecule has 1 aliphatic heterocycles. The molecule has 0 spiro atoms. The number of rotatable bonds is 3. The van der Waals surface area contributed by atoms with Crippen molar-refractivity contribution in [2.75, 3.05) is 26.8 Å². The molecule has 1 aromatic carbocycles. The second-order valence-electron chi connectivity index (χ2n) is 5.17. The first-order chi connectivity index (χ1) is 9.70. The molecule has 0 radical (unpaired) electrons. The lowest BCUT2D eigenvalue weighted by molar-refractivity contribution is 0.175. The molecule has 3 nitrogen and oxygen atoms in total.